The molecular formula is C12H15F2NO. The third-order valence-electron chi connectivity index (χ3n) is 2.71. The molecule has 1 saturated heterocycles. The molecule has 0 aliphatic carbocycles. The molecule has 16 heavy (non-hydrogen) atoms. The van der Waals surface area contributed by atoms with Crippen molar-refractivity contribution in [3.63, 3.8) is 0 Å². The van der Waals surface area contributed by atoms with Crippen LogP contribution in [-0.2, 0) is 0 Å². The number of rotatable bonds is 2. The summed E-state index contributed by atoms with van der Waals surface area (Å²) in [5, 5.41) is 3.29. The summed E-state index contributed by atoms with van der Waals surface area (Å²) >= 11 is 0. The number of hydrogen-bond acceptors (Lipinski definition) is 2. The van der Waals surface area contributed by atoms with E-state index in [1.54, 1.807) is 0 Å². The van der Waals surface area contributed by atoms with E-state index in [-0.39, 0.29) is 11.9 Å². The third-order valence-corrected chi connectivity index (χ3v) is 2.71. The molecule has 2 unspecified atom stereocenters. The molecule has 0 bridgehead atoms. The average molecular weight is 227 g/mol. The van der Waals surface area contributed by atoms with Gasteiger partial charge in [0.1, 0.15) is 23.5 Å². The SMILES string of the molecule is CC1CC(Oc2cc(F)cc(F)c2)CCN1. The largest absolute Gasteiger partial charge is 0.490 e. The van der Waals surface area contributed by atoms with Gasteiger partial charge in [-0.1, -0.05) is 0 Å². The van der Waals surface area contributed by atoms with Crippen molar-refractivity contribution in [1.82, 2.24) is 5.32 Å². The van der Waals surface area contributed by atoms with Gasteiger partial charge in [0.25, 0.3) is 0 Å². The molecular weight excluding hydrogens is 212 g/mol. The zero-order valence-electron chi connectivity index (χ0n) is 9.17. The van der Waals surface area contributed by atoms with Crippen LogP contribution in [0.1, 0.15) is 19.8 Å². The van der Waals surface area contributed by atoms with Gasteiger partial charge in [-0.3, -0.25) is 0 Å². The molecule has 0 radical (unpaired) electrons. The molecule has 0 amide bonds. The summed E-state index contributed by atoms with van der Waals surface area (Å²) in [6.45, 7) is 2.95. The number of halogens is 2. The van der Waals surface area contributed by atoms with Gasteiger partial charge in [-0.15, -0.1) is 0 Å². The normalized spacial score (nSPS) is 25.4. The van der Waals surface area contributed by atoms with Crippen molar-refractivity contribution in [2.45, 2.75) is 31.9 Å². The molecule has 1 aromatic rings. The standard InChI is InChI=1S/C12H15F2NO/c1-8-4-11(2-3-15-8)16-12-6-9(13)5-10(14)7-12/h5-8,11,15H,2-4H2,1H3. The van der Waals surface area contributed by atoms with Gasteiger partial charge in [0, 0.05) is 24.2 Å². The van der Waals surface area contributed by atoms with Crippen LogP contribution in [0.4, 0.5) is 8.78 Å². The van der Waals surface area contributed by atoms with Gasteiger partial charge in [-0.2, -0.15) is 0 Å². The highest BCUT2D eigenvalue weighted by atomic mass is 19.1. The second kappa shape index (κ2) is 4.78. The van der Waals surface area contributed by atoms with E-state index in [1.165, 1.54) is 12.1 Å². The van der Waals surface area contributed by atoms with Crippen LogP contribution in [0.15, 0.2) is 18.2 Å². The maximum atomic E-state index is 12.9. The molecule has 2 rings (SSSR count). The first-order chi connectivity index (χ1) is 7.63. The van der Waals surface area contributed by atoms with E-state index in [0.717, 1.165) is 25.5 Å². The Balaban J connectivity index is 2.02. The van der Waals surface area contributed by atoms with Crippen molar-refractivity contribution in [1.29, 1.82) is 0 Å². The summed E-state index contributed by atoms with van der Waals surface area (Å²) in [7, 11) is 0. The lowest BCUT2D eigenvalue weighted by Gasteiger charge is -2.28. The Labute approximate surface area is 93.6 Å². The van der Waals surface area contributed by atoms with E-state index < -0.39 is 11.6 Å². The lowest BCUT2D eigenvalue weighted by Crippen LogP contribution is -2.40. The Hall–Kier alpha value is -1.16. The second-order valence-electron chi connectivity index (χ2n) is 4.22. The lowest BCUT2D eigenvalue weighted by atomic mass is 10.0. The minimum Gasteiger partial charge on any atom is -0.490 e. The maximum absolute atomic E-state index is 12.9. The molecule has 1 heterocycles. The Morgan fingerprint density at radius 3 is 2.56 bits per heavy atom. The van der Waals surface area contributed by atoms with Crippen LogP contribution in [0.2, 0.25) is 0 Å². The summed E-state index contributed by atoms with van der Waals surface area (Å²) < 4.78 is 31.4. The van der Waals surface area contributed by atoms with Crippen LogP contribution in [0.3, 0.4) is 0 Å². The second-order valence-corrected chi connectivity index (χ2v) is 4.22. The Morgan fingerprint density at radius 1 is 1.25 bits per heavy atom. The third kappa shape index (κ3) is 2.92. The minimum atomic E-state index is -0.600. The van der Waals surface area contributed by atoms with E-state index in [4.69, 9.17) is 4.74 Å². The fourth-order valence-electron chi connectivity index (χ4n) is 1.98. The van der Waals surface area contributed by atoms with Crippen molar-refractivity contribution in [3.8, 4) is 5.75 Å². The van der Waals surface area contributed by atoms with Gasteiger partial charge in [-0.25, -0.2) is 8.78 Å². The summed E-state index contributed by atoms with van der Waals surface area (Å²) in [6, 6.07) is 3.67. The topological polar surface area (TPSA) is 21.3 Å². The molecule has 0 saturated carbocycles. The van der Waals surface area contributed by atoms with Crippen LogP contribution < -0.4 is 10.1 Å². The molecule has 1 N–H and O–H groups in total. The molecule has 1 aliphatic heterocycles. The van der Waals surface area contributed by atoms with Crippen LogP contribution in [-0.4, -0.2) is 18.7 Å². The Morgan fingerprint density at radius 2 is 1.94 bits per heavy atom. The highest BCUT2D eigenvalue weighted by Gasteiger charge is 2.19. The highest BCUT2D eigenvalue weighted by Crippen LogP contribution is 2.20. The summed E-state index contributed by atoms with van der Waals surface area (Å²) in [5.41, 5.74) is 0. The zero-order chi connectivity index (χ0) is 11.5. The smallest absolute Gasteiger partial charge is 0.129 e. The number of ether oxygens (including phenoxy) is 1. The predicted molar refractivity (Wildman–Crippen MR) is 57.5 cm³/mol. The van der Waals surface area contributed by atoms with E-state index in [9.17, 15) is 8.78 Å². The van der Waals surface area contributed by atoms with Gasteiger partial charge in [0.05, 0.1) is 0 Å². The van der Waals surface area contributed by atoms with Gasteiger partial charge >= 0.3 is 0 Å². The average Bonchev–Trinajstić information content (AvgIpc) is 2.15. The van der Waals surface area contributed by atoms with Crippen molar-refractivity contribution in [2.24, 2.45) is 0 Å². The summed E-state index contributed by atoms with van der Waals surface area (Å²) in [4.78, 5) is 0. The number of hydrogen-bond donors (Lipinski definition) is 1. The van der Waals surface area contributed by atoms with Crippen LogP contribution in [0, 0.1) is 11.6 Å². The van der Waals surface area contributed by atoms with Crippen molar-refractivity contribution >= 4 is 0 Å². The first-order valence-corrected chi connectivity index (χ1v) is 5.49. The molecule has 1 fully saturated rings. The van der Waals surface area contributed by atoms with Crippen LogP contribution >= 0.6 is 0 Å². The van der Waals surface area contributed by atoms with Crippen LogP contribution in [0.5, 0.6) is 5.75 Å². The van der Waals surface area contributed by atoms with Gasteiger partial charge in [-0.05, 0) is 26.3 Å². The van der Waals surface area contributed by atoms with E-state index >= 15 is 0 Å². The molecule has 2 atom stereocenters. The maximum Gasteiger partial charge on any atom is 0.129 e. The summed E-state index contributed by atoms with van der Waals surface area (Å²) in [5.74, 6) is -0.925. The van der Waals surface area contributed by atoms with Crippen molar-refractivity contribution in [3.05, 3.63) is 29.8 Å². The molecule has 0 aromatic heterocycles. The highest BCUT2D eigenvalue weighted by molar-refractivity contribution is 5.24. The lowest BCUT2D eigenvalue weighted by molar-refractivity contribution is 0.143. The van der Waals surface area contributed by atoms with E-state index in [1.807, 2.05) is 0 Å². The Kier molecular flexibility index (Phi) is 3.39. The Bertz CT molecular complexity index is 350. The molecule has 88 valence electrons. The zero-order valence-corrected chi connectivity index (χ0v) is 9.17. The van der Waals surface area contributed by atoms with E-state index in [0.29, 0.717) is 6.04 Å². The van der Waals surface area contributed by atoms with Crippen molar-refractivity contribution in [2.75, 3.05) is 6.54 Å². The molecule has 0 spiro atoms. The quantitative estimate of drug-likeness (QED) is 0.838. The van der Waals surface area contributed by atoms with Gasteiger partial charge in [0.15, 0.2) is 0 Å². The first-order valence-electron chi connectivity index (χ1n) is 5.49. The van der Waals surface area contributed by atoms with E-state index in [2.05, 4.69) is 12.2 Å². The molecule has 1 aliphatic rings. The van der Waals surface area contributed by atoms with Gasteiger partial charge in [0.2, 0.25) is 0 Å². The molecule has 1 aromatic carbocycles. The number of piperidine rings is 1. The van der Waals surface area contributed by atoms with Crippen LogP contribution in [0.25, 0.3) is 0 Å². The predicted octanol–water partition coefficient (Wildman–Crippen LogP) is 2.48. The number of nitrogens with one attached hydrogen (secondary N) is 1. The summed E-state index contributed by atoms with van der Waals surface area (Å²) in [6.07, 6.45) is 1.76. The van der Waals surface area contributed by atoms with Crippen molar-refractivity contribution < 1.29 is 13.5 Å². The molecule has 2 nitrogen and oxygen atoms in total. The number of benzene rings is 1. The minimum absolute atomic E-state index is 0.0393. The monoisotopic (exact) mass is 227 g/mol. The van der Waals surface area contributed by atoms with Gasteiger partial charge < -0.3 is 10.1 Å². The first kappa shape index (κ1) is 11.3. The fraction of sp³-hybridized carbons (Fsp3) is 0.500. The fourth-order valence-corrected chi connectivity index (χ4v) is 1.98. The molecule has 4 heteroatoms.